The topological polar surface area (TPSA) is 73.4 Å². The molecule has 24 heavy (non-hydrogen) atoms. The van der Waals surface area contributed by atoms with E-state index in [1.165, 1.54) is 4.90 Å². The lowest BCUT2D eigenvalue weighted by Crippen LogP contribution is -2.41. The van der Waals surface area contributed by atoms with E-state index in [1.54, 1.807) is 19.1 Å². The van der Waals surface area contributed by atoms with E-state index in [2.05, 4.69) is 4.98 Å². The molecule has 2 atom stereocenters. The van der Waals surface area contributed by atoms with Gasteiger partial charge in [0.1, 0.15) is 6.04 Å². The van der Waals surface area contributed by atoms with Crippen molar-refractivity contribution in [3.63, 3.8) is 0 Å². The second-order valence-electron chi connectivity index (χ2n) is 6.01. The average Bonchev–Trinajstić information content (AvgIpc) is 3.13. The van der Waals surface area contributed by atoms with Crippen LogP contribution in [0.2, 0.25) is 0 Å². The van der Waals surface area contributed by atoms with E-state index in [9.17, 15) is 14.7 Å². The Hall–Kier alpha value is -3.08. The lowest BCUT2D eigenvalue weighted by Gasteiger charge is -2.28. The number of hydrogen-bond donors (Lipinski definition) is 2. The predicted molar refractivity (Wildman–Crippen MR) is 89.9 cm³/mol. The van der Waals surface area contributed by atoms with E-state index in [4.69, 9.17) is 0 Å². The molecule has 2 heterocycles. The maximum Gasteiger partial charge on any atom is 0.326 e. The summed E-state index contributed by atoms with van der Waals surface area (Å²) in [7, 11) is 0. The lowest BCUT2D eigenvalue weighted by molar-refractivity contribution is -0.142. The highest BCUT2D eigenvalue weighted by Gasteiger charge is 2.42. The molecule has 1 aromatic heterocycles. The van der Waals surface area contributed by atoms with E-state index in [0.717, 1.165) is 22.0 Å². The van der Waals surface area contributed by atoms with Gasteiger partial charge in [-0.1, -0.05) is 36.4 Å². The number of carboxylic acid groups (broad SMARTS) is 1. The van der Waals surface area contributed by atoms with Crippen molar-refractivity contribution in [3.8, 4) is 0 Å². The zero-order valence-corrected chi connectivity index (χ0v) is 13.1. The van der Waals surface area contributed by atoms with Crippen molar-refractivity contribution in [1.29, 1.82) is 0 Å². The number of amides is 1. The second-order valence-corrected chi connectivity index (χ2v) is 6.01. The normalized spacial score (nSPS) is 18.0. The van der Waals surface area contributed by atoms with Crippen LogP contribution in [-0.4, -0.2) is 32.9 Å². The molecule has 0 saturated heterocycles. The first-order valence-electron chi connectivity index (χ1n) is 7.80. The molecular formula is C19H16N2O3. The van der Waals surface area contributed by atoms with Crippen molar-refractivity contribution < 1.29 is 14.7 Å². The monoisotopic (exact) mass is 320 g/mol. The first kappa shape index (κ1) is 14.5. The number of benzene rings is 2. The third kappa shape index (κ3) is 1.94. The molecule has 1 aliphatic heterocycles. The fourth-order valence-corrected chi connectivity index (χ4v) is 3.49. The summed E-state index contributed by atoms with van der Waals surface area (Å²) in [6, 6.07) is 13.8. The number of nitrogens with zero attached hydrogens (tertiary/aromatic N) is 1. The van der Waals surface area contributed by atoms with Crippen molar-refractivity contribution in [3.05, 3.63) is 71.4 Å². The van der Waals surface area contributed by atoms with Crippen LogP contribution < -0.4 is 0 Å². The third-order valence-electron chi connectivity index (χ3n) is 4.69. The van der Waals surface area contributed by atoms with Crippen molar-refractivity contribution in [1.82, 2.24) is 9.88 Å². The Morgan fingerprint density at radius 2 is 1.83 bits per heavy atom. The summed E-state index contributed by atoms with van der Waals surface area (Å²) in [6.07, 6.45) is 1.87. The van der Waals surface area contributed by atoms with Gasteiger partial charge in [-0.15, -0.1) is 0 Å². The van der Waals surface area contributed by atoms with Gasteiger partial charge in [-0.3, -0.25) is 4.79 Å². The van der Waals surface area contributed by atoms with E-state index in [-0.39, 0.29) is 5.91 Å². The van der Waals surface area contributed by atoms with E-state index in [1.807, 2.05) is 42.6 Å². The minimum absolute atomic E-state index is 0.240. The van der Waals surface area contributed by atoms with Crippen molar-refractivity contribution in [2.24, 2.45) is 0 Å². The summed E-state index contributed by atoms with van der Waals surface area (Å²) in [5.74, 6) is -1.25. The minimum atomic E-state index is -1.01. The first-order chi connectivity index (χ1) is 11.6. The minimum Gasteiger partial charge on any atom is -0.480 e. The number of aliphatic carboxylic acids is 1. The molecule has 0 saturated carbocycles. The highest BCUT2D eigenvalue weighted by Crippen LogP contribution is 2.42. The Morgan fingerprint density at radius 1 is 1.12 bits per heavy atom. The van der Waals surface area contributed by atoms with Gasteiger partial charge >= 0.3 is 5.97 Å². The van der Waals surface area contributed by atoms with Crippen LogP contribution in [0.1, 0.15) is 34.5 Å². The third-order valence-corrected chi connectivity index (χ3v) is 4.69. The average molecular weight is 320 g/mol. The van der Waals surface area contributed by atoms with Crippen LogP contribution >= 0.6 is 0 Å². The van der Waals surface area contributed by atoms with Crippen LogP contribution in [0.3, 0.4) is 0 Å². The molecule has 0 unspecified atom stereocenters. The summed E-state index contributed by atoms with van der Waals surface area (Å²) in [6.45, 7) is 1.55. The van der Waals surface area contributed by atoms with Crippen LogP contribution in [0.4, 0.5) is 0 Å². The van der Waals surface area contributed by atoms with Crippen LogP contribution in [0.15, 0.2) is 54.7 Å². The zero-order chi connectivity index (χ0) is 16.8. The van der Waals surface area contributed by atoms with Crippen LogP contribution in [0.25, 0.3) is 10.9 Å². The summed E-state index contributed by atoms with van der Waals surface area (Å²) >= 11 is 0. The number of para-hydroxylation sites is 1. The predicted octanol–water partition coefficient (Wildman–Crippen LogP) is 3.19. The molecule has 0 bridgehead atoms. The number of carbonyl (C=O) groups is 2. The molecule has 0 spiro atoms. The summed E-state index contributed by atoms with van der Waals surface area (Å²) in [5, 5.41) is 10.5. The first-order valence-corrected chi connectivity index (χ1v) is 7.80. The molecule has 5 heteroatoms. The van der Waals surface area contributed by atoms with E-state index < -0.39 is 18.1 Å². The summed E-state index contributed by atoms with van der Waals surface area (Å²) in [4.78, 5) is 29.1. The van der Waals surface area contributed by atoms with Gasteiger partial charge in [-0.2, -0.15) is 0 Å². The Kier molecular flexibility index (Phi) is 3.16. The molecule has 0 fully saturated rings. The molecule has 2 N–H and O–H groups in total. The Labute approximate surface area is 138 Å². The number of aromatic amines is 1. The molecule has 120 valence electrons. The van der Waals surface area contributed by atoms with Gasteiger partial charge in [0.05, 0.1) is 6.04 Å². The Bertz CT molecular complexity index is 960. The highest BCUT2D eigenvalue weighted by atomic mass is 16.4. The van der Waals surface area contributed by atoms with Crippen LogP contribution in [0, 0.1) is 0 Å². The van der Waals surface area contributed by atoms with E-state index >= 15 is 0 Å². The number of fused-ring (bicyclic) bond motifs is 2. The number of carbonyl (C=O) groups excluding carboxylic acids is 1. The van der Waals surface area contributed by atoms with Crippen molar-refractivity contribution in [2.75, 3.05) is 0 Å². The zero-order valence-electron chi connectivity index (χ0n) is 13.1. The van der Waals surface area contributed by atoms with Gasteiger partial charge in [-0.25, -0.2) is 4.79 Å². The molecule has 5 nitrogen and oxygen atoms in total. The van der Waals surface area contributed by atoms with Gasteiger partial charge in [0.15, 0.2) is 0 Å². The van der Waals surface area contributed by atoms with Crippen LogP contribution in [-0.2, 0) is 4.79 Å². The molecule has 2 aromatic carbocycles. The lowest BCUT2D eigenvalue weighted by atomic mass is 9.97. The summed E-state index contributed by atoms with van der Waals surface area (Å²) < 4.78 is 0. The molecule has 4 rings (SSSR count). The fraction of sp³-hybridized carbons (Fsp3) is 0.158. The van der Waals surface area contributed by atoms with Gasteiger partial charge in [-0.05, 0) is 24.6 Å². The maximum atomic E-state index is 12.8. The second kappa shape index (κ2) is 5.23. The largest absolute Gasteiger partial charge is 0.480 e. The number of aromatic nitrogens is 1. The number of hydrogen-bond acceptors (Lipinski definition) is 2. The Morgan fingerprint density at radius 3 is 2.62 bits per heavy atom. The summed E-state index contributed by atoms with van der Waals surface area (Å²) in [5.41, 5.74) is 3.30. The molecule has 1 aliphatic rings. The van der Waals surface area contributed by atoms with Gasteiger partial charge in [0.2, 0.25) is 0 Å². The molecular weight excluding hydrogens is 304 g/mol. The van der Waals surface area contributed by atoms with Gasteiger partial charge in [0, 0.05) is 28.2 Å². The Balaban J connectivity index is 1.95. The SMILES string of the molecule is C[C@@H](C(=O)O)N1C(=O)c2ccccc2[C@H]1c1c[nH]c2ccccc12. The molecule has 1 amide bonds. The van der Waals surface area contributed by atoms with Gasteiger partial charge in [0.25, 0.3) is 5.91 Å². The standard InChI is InChI=1S/C19H16N2O3/c1-11(19(23)24)21-17(13-7-2-3-8-14(13)18(21)22)15-10-20-16-9-5-4-6-12(15)16/h2-11,17,20H,1H3,(H,23,24)/t11-,17-/m0/s1. The van der Waals surface area contributed by atoms with Gasteiger partial charge < -0.3 is 15.0 Å². The number of rotatable bonds is 3. The quantitative estimate of drug-likeness (QED) is 0.778. The number of H-pyrrole nitrogens is 1. The maximum absolute atomic E-state index is 12.8. The van der Waals surface area contributed by atoms with Crippen LogP contribution in [0.5, 0.6) is 0 Å². The molecule has 0 aliphatic carbocycles. The van der Waals surface area contributed by atoms with Crippen molar-refractivity contribution in [2.45, 2.75) is 19.0 Å². The molecule has 0 radical (unpaired) electrons. The number of carboxylic acids is 1. The fourth-order valence-electron chi connectivity index (χ4n) is 3.49. The smallest absolute Gasteiger partial charge is 0.326 e. The highest BCUT2D eigenvalue weighted by molar-refractivity contribution is 6.02. The van der Waals surface area contributed by atoms with Crippen molar-refractivity contribution >= 4 is 22.8 Å². The number of nitrogens with one attached hydrogen (secondary N) is 1. The van der Waals surface area contributed by atoms with E-state index in [0.29, 0.717) is 5.56 Å². The molecule has 3 aromatic rings.